The van der Waals surface area contributed by atoms with Crippen LogP contribution in [-0.4, -0.2) is 9.78 Å². The van der Waals surface area contributed by atoms with Gasteiger partial charge in [0.1, 0.15) is 0 Å². The number of benzene rings is 1. The summed E-state index contributed by atoms with van der Waals surface area (Å²) in [5.74, 6) is 0. The fraction of sp³-hybridized carbons (Fsp3) is 0.375. The Labute approximate surface area is 127 Å². The van der Waals surface area contributed by atoms with E-state index in [9.17, 15) is 0 Å². The molecule has 0 atom stereocenters. The van der Waals surface area contributed by atoms with Gasteiger partial charge in [0.15, 0.2) is 0 Å². The Bertz CT molecular complexity index is 648. The molecule has 0 spiro atoms. The SMILES string of the molecule is N#Cc1cc(Br)cc(-c2cnn(C3CCCCC3)c2)c1. The van der Waals surface area contributed by atoms with Crippen LogP contribution in [0.2, 0.25) is 0 Å². The number of hydrogen-bond acceptors (Lipinski definition) is 2. The summed E-state index contributed by atoms with van der Waals surface area (Å²) in [7, 11) is 0. The average molecular weight is 330 g/mol. The van der Waals surface area contributed by atoms with Crippen molar-refractivity contribution in [2.24, 2.45) is 0 Å². The molecule has 0 radical (unpaired) electrons. The minimum absolute atomic E-state index is 0.542. The van der Waals surface area contributed by atoms with Crippen LogP contribution in [-0.2, 0) is 0 Å². The number of hydrogen-bond donors (Lipinski definition) is 0. The number of halogens is 1. The van der Waals surface area contributed by atoms with E-state index in [1.807, 2.05) is 24.4 Å². The Morgan fingerprint density at radius 1 is 1.15 bits per heavy atom. The summed E-state index contributed by atoms with van der Waals surface area (Å²) >= 11 is 3.46. The van der Waals surface area contributed by atoms with Crippen LogP contribution in [0.1, 0.15) is 43.7 Å². The highest BCUT2D eigenvalue weighted by Crippen LogP contribution is 2.30. The van der Waals surface area contributed by atoms with E-state index in [1.165, 1.54) is 32.1 Å². The molecule has 20 heavy (non-hydrogen) atoms. The van der Waals surface area contributed by atoms with Gasteiger partial charge in [0.05, 0.1) is 23.9 Å². The third-order valence-corrected chi connectivity index (χ3v) is 4.37. The number of nitriles is 1. The van der Waals surface area contributed by atoms with Crippen LogP contribution in [0.3, 0.4) is 0 Å². The zero-order valence-corrected chi connectivity index (χ0v) is 12.8. The monoisotopic (exact) mass is 329 g/mol. The average Bonchev–Trinajstić information content (AvgIpc) is 2.97. The second-order valence-corrected chi connectivity index (χ2v) is 6.26. The predicted octanol–water partition coefficient (Wildman–Crippen LogP) is 4.69. The predicted molar refractivity (Wildman–Crippen MR) is 82.2 cm³/mol. The lowest BCUT2D eigenvalue weighted by Crippen LogP contribution is -2.12. The van der Waals surface area contributed by atoms with Crippen LogP contribution in [0.5, 0.6) is 0 Å². The fourth-order valence-corrected chi connectivity index (χ4v) is 3.35. The molecule has 0 unspecified atom stereocenters. The molecule has 0 bridgehead atoms. The Kier molecular flexibility index (Phi) is 3.88. The molecule has 1 aromatic carbocycles. The van der Waals surface area contributed by atoms with Gasteiger partial charge in [-0.15, -0.1) is 0 Å². The highest BCUT2D eigenvalue weighted by Gasteiger charge is 2.16. The van der Waals surface area contributed by atoms with Crippen LogP contribution in [0.4, 0.5) is 0 Å². The molecule has 0 saturated heterocycles. The van der Waals surface area contributed by atoms with Crippen molar-refractivity contribution in [2.45, 2.75) is 38.1 Å². The van der Waals surface area contributed by atoms with Crippen LogP contribution < -0.4 is 0 Å². The summed E-state index contributed by atoms with van der Waals surface area (Å²) in [6, 6.07) is 8.50. The first kappa shape index (κ1) is 13.4. The largest absolute Gasteiger partial charge is 0.269 e. The zero-order valence-electron chi connectivity index (χ0n) is 11.2. The van der Waals surface area contributed by atoms with Gasteiger partial charge in [-0.1, -0.05) is 35.2 Å². The van der Waals surface area contributed by atoms with Crippen molar-refractivity contribution in [1.82, 2.24) is 9.78 Å². The number of aromatic nitrogens is 2. The second kappa shape index (κ2) is 5.80. The quantitative estimate of drug-likeness (QED) is 0.801. The molecule has 3 nitrogen and oxygen atoms in total. The van der Waals surface area contributed by atoms with Crippen molar-refractivity contribution >= 4 is 15.9 Å². The molecule has 0 aliphatic heterocycles. The van der Waals surface area contributed by atoms with Gasteiger partial charge in [-0.2, -0.15) is 10.4 Å². The standard InChI is InChI=1S/C16H16BrN3/c17-15-7-12(9-18)6-13(8-15)14-10-19-20(11-14)16-4-2-1-3-5-16/h6-8,10-11,16H,1-5H2. The second-order valence-electron chi connectivity index (χ2n) is 5.34. The lowest BCUT2D eigenvalue weighted by Gasteiger charge is -2.21. The molecule has 1 aliphatic rings. The van der Waals surface area contributed by atoms with E-state index in [-0.39, 0.29) is 0 Å². The summed E-state index contributed by atoms with van der Waals surface area (Å²) < 4.78 is 3.03. The van der Waals surface area contributed by atoms with E-state index in [4.69, 9.17) is 5.26 Å². The van der Waals surface area contributed by atoms with Gasteiger partial charge < -0.3 is 0 Å². The lowest BCUT2D eigenvalue weighted by molar-refractivity contribution is 0.329. The first-order valence-electron chi connectivity index (χ1n) is 7.01. The van der Waals surface area contributed by atoms with Gasteiger partial charge in [0.25, 0.3) is 0 Å². The van der Waals surface area contributed by atoms with Crippen molar-refractivity contribution in [3.8, 4) is 17.2 Å². The maximum atomic E-state index is 9.05. The molecule has 0 amide bonds. The maximum Gasteiger partial charge on any atom is 0.0992 e. The van der Waals surface area contributed by atoms with Crippen molar-refractivity contribution in [2.75, 3.05) is 0 Å². The highest BCUT2D eigenvalue weighted by atomic mass is 79.9. The number of nitrogens with zero attached hydrogens (tertiary/aromatic N) is 3. The summed E-state index contributed by atoms with van der Waals surface area (Å²) in [5, 5.41) is 13.6. The van der Waals surface area contributed by atoms with Crippen molar-refractivity contribution in [3.63, 3.8) is 0 Å². The third-order valence-electron chi connectivity index (χ3n) is 3.91. The molecular weight excluding hydrogens is 314 g/mol. The van der Waals surface area contributed by atoms with E-state index in [0.717, 1.165) is 15.6 Å². The first-order valence-corrected chi connectivity index (χ1v) is 7.81. The smallest absolute Gasteiger partial charge is 0.0992 e. The molecule has 1 saturated carbocycles. The van der Waals surface area contributed by atoms with Crippen LogP contribution in [0.25, 0.3) is 11.1 Å². The maximum absolute atomic E-state index is 9.05. The summed E-state index contributed by atoms with van der Waals surface area (Å²) in [6.45, 7) is 0. The topological polar surface area (TPSA) is 41.6 Å². The molecule has 1 heterocycles. The molecule has 0 N–H and O–H groups in total. The highest BCUT2D eigenvalue weighted by molar-refractivity contribution is 9.10. The molecule has 1 aliphatic carbocycles. The van der Waals surface area contributed by atoms with Crippen LogP contribution in [0, 0.1) is 11.3 Å². The molecule has 2 aromatic rings. The Hall–Kier alpha value is -1.60. The molecule has 4 heteroatoms. The molecule has 1 aromatic heterocycles. The van der Waals surface area contributed by atoms with Gasteiger partial charge in [0.2, 0.25) is 0 Å². The van der Waals surface area contributed by atoms with Gasteiger partial charge in [0, 0.05) is 16.2 Å². The van der Waals surface area contributed by atoms with Crippen LogP contribution >= 0.6 is 15.9 Å². The minimum atomic E-state index is 0.542. The molecule has 1 fully saturated rings. The van der Waals surface area contributed by atoms with Gasteiger partial charge in [-0.3, -0.25) is 4.68 Å². The van der Waals surface area contributed by atoms with E-state index < -0.39 is 0 Å². The Balaban J connectivity index is 1.90. The van der Waals surface area contributed by atoms with E-state index in [0.29, 0.717) is 11.6 Å². The lowest BCUT2D eigenvalue weighted by atomic mass is 9.96. The van der Waals surface area contributed by atoms with E-state index >= 15 is 0 Å². The normalized spacial score (nSPS) is 16.0. The zero-order chi connectivity index (χ0) is 13.9. The first-order chi connectivity index (χ1) is 9.76. The fourth-order valence-electron chi connectivity index (χ4n) is 2.85. The Morgan fingerprint density at radius 2 is 1.95 bits per heavy atom. The minimum Gasteiger partial charge on any atom is -0.269 e. The molecule has 3 rings (SSSR count). The van der Waals surface area contributed by atoms with Crippen molar-refractivity contribution in [3.05, 3.63) is 40.6 Å². The Morgan fingerprint density at radius 3 is 2.70 bits per heavy atom. The summed E-state index contributed by atoms with van der Waals surface area (Å²) in [4.78, 5) is 0. The van der Waals surface area contributed by atoms with E-state index in [1.54, 1.807) is 0 Å². The van der Waals surface area contributed by atoms with Crippen molar-refractivity contribution < 1.29 is 0 Å². The summed E-state index contributed by atoms with van der Waals surface area (Å²) in [5.41, 5.74) is 2.78. The van der Waals surface area contributed by atoms with Crippen LogP contribution in [0.15, 0.2) is 35.1 Å². The van der Waals surface area contributed by atoms with Gasteiger partial charge in [-0.25, -0.2) is 0 Å². The van der Waals surface area contributed by atoms with Gasteiger partial charge in [-0.05, 0) is 36.6 Å². The van der Waals surface area contributed by atoms with Gasteiger partial charge >= 0.3 is 0 Å². The van der Waals surface area contributed by atoms with E-state index in [2.05, 4.69) is 38.0 Å². The molecular formula is C16H16BrN3. The van der Waals surface area contributed by atoms with Crippen molar-refractivity contribution in [1.29, 1.82) is 5.26 Å². The number of rotatable bonds is 2. The third kappa shape index (κ3) is 2.78. The molecule has 102 valence electrons. The summed E-state index contributed by atoms with van der Waals surface area (Å²) in [6.07, 6.45) is 10.4.